The minimum Gasteiger partial charge on any atom is -0.507 e. The van der Waals surface area contributed by atoms with Crippen molar-refractivity contribution in [3.05, 3.63) is 64.2 Å². The van der Waals surface area contributed by atoms with Gasteiger partial charge < -0.3 is 9.84 Å². The molecule has 2 rings (SSSR count). The van der Waals surface area contributed by atoms with E-state index >= 15 is 0 Å². The second kappa shape index (κ2) is 6.43. The Kier molecular flexibility index (Phi) is 4.61. The fourth-order valence-electron chi connectivity index (χ4n) is 2.14. The van der Waals surface area contributed by atoms with Crippen LogP contribution in [-0.4, -0.2) is 23.5 Å². The lowest BCUT2D eigenvalue weighted by atomic mass is 10.0. The van der Waals surface area contributed by atoms with E-state index in [0.29, 0.717) is 5.56 Å². The van der Waals surface area contributed by atoms with E-state index in [2.05, 4.69) is 0 Å². The van der Waals surface area contributed by atoms with Crippen LogP contribution in [-0.2, 0) is 4.74 Å². The molecule has 0 spiro atoms. The summed E-state index contributed by atoms with van der Waals surface area (Å²) >= 11 is 0. The number of Topliss-reactive ketones (excluding diaryl/α,β-unsaturated/α-hetero) is 1. The van der Waals surface area contributed by atoms with Crippen LogP contribution in [0.3, 0.4) is 0 Å². The fraction of sp³-hybridized carbons (Fsp3) is 0.222. The number of ether oxygens (including phenoxy) is 1. The minimum atomic E-state index is -0.712. The molecule has 114 valence electrons. The molecule has 0 saturated carbocycles. The van der Waals surface area contributed by atoms with E-state index in [1.54, 1.807) is 19.1 Å². The molecule has 2 aromatic carbocycles. The molecule has 0 aliphatic heterocycles. The minimum absolute atomic E-state index is 0.0550. The van der Waals surface area contributed by atoms with E-state index in [9.17, 15) is 14.7 Å². The van der Waals surface area contributed by atoms with Gasteiger partial charge in [0.05, 0.1) is 0 Å². The first-order valence-corrected chi connectivity index (χ1v) is 6.95. The second-order valence-electron chi connectivity index (χ2n) is 5.34. The van der Waals surface area contributed by atoms with Gasteiger partial charge in [-0.2, -0.15) is 0 Å². The van der Waals surface area contributed by atoms with Crippen LogP contribution in [0.15, 0.2) is 36.4 Å². The van der Waals surface area contributed by atoms with Gasteiger partial charge in [-0.25, -0.2) is 4.79 Å². The Balaban J connectivity index is 2.07. The Morgan fingerprint density at radius 2 is 1.59 bits per heavy atom. The number of ketones is 1. The van der Waals surface area contributed by atoms with Crippen LogP contribution in [0.1, 0.15) is 37.4 Å². The van der Waals surface area contributed by atoms with Gasteiger partial charge in [-0.1, -0.05) is 23.8 Å². The van der Waals surface area contributed by atoms with E-state index in [1.807, 2.05) is 26.0 Å². The van der Waals surface area contributed by atoms with E-state index in [1.165, 1.54) is 12.1 Å². The molecule has 0 saturated heterocycles. The van der Waals surface area contributed by atoms with Crippen LogP contribution in [0.5, 0.6) is 5.75 Å². The standard InChI is InChI=1S/C18H18O4/c1-11-4-6-13(3)15(8-11)17(20)10-22-18(21)14-7-5-12(2)9-16(14)19/h4-9,19H,10H2,1-3H3. The van der Waals surface area contributed by atoms with Crippen molar-refractivity contribution in [2.24, 2.45) is 0 Å². The number of rotatable bonds is 4. The highest BCUT2D eigenvalue weighted by molar-refractivity contribution is 6.01. The van der Waals surface area contributed by atoms with Gasteiger partial charge in [0.25, 0.3) is 0 Å². The largest absolute Gasteiger partial charge is 0.507 e. The first-order chi connectivity index (χ1) is 10.4. The Bertz CT molecular complexity index is 732. The van der Waals surface area contributed by atoms with Gasteiger partial charge in [-0.05, 0) is 50.1 Å². The zero-order valence-electron chi connectivity index (χ0n) is 12.8. The summed E-state index contributed by atoms with van der Waals surface area (Å²) in [6.07, 6.45) is 0. The molecule has 4 nitrogen and oxygen atoms in total. The molecule has 0 unspecified atom stereocenters. The number of phenols is 1. The quantitative estimate of drug-likeness (QED) is 0.694. The molecule has 0 heterocycles. The summed E-state index contributed by atoms with van der Waals surface area (Å²) in [6, 6.07) is 10.2. The number of carbonyl (C=O) groups is 2. The molecule has 1 N–H and O–H groups in total. The summed E-state index contributed by atoms with van der Waals surface area (Å²) in [5, 5.41) is 9.74. The third-order valence-corrected chi connectivity index (χ3v) is 3.40. The Morgan fingerprint density at radius 3 is 2.27 bits per heavy atom. The van der Waals surface area contributed by atoms with Crippen LogP contribution in [0.25, 0.3) is 0 Å². The van der Waals surface area contributed by atoms with Crippen molar-refractivity contribution in [1.82, 2.24) is 0 Å². The number of aryl methyl sites for hydroxylation is 3. The normalized spacial score (nSPS) is 10.3. The van der Waals surface area contributed by atoms with Crippen LogP contribution in [0.4, 0.5) is 0 Å². The average Bonchev–Trinajstić information content (AvgIpc) is 2.47. The maximum atomic E-state index is 12.2. The topological polar surface area (TPSA) is 63.6 Å². The van der Waals surface area contributed by atoms with Crippen molar-refractivity contribution in [2.45, 2.75) is 20.8 Å². The SMILES string of the molecule is Cc1ccc(C(=O)OCC(=O)c2cc(C)ccc2C)c(O)c1. The zero-order valence-corrected chi connectivity index (χ0v) is 12.8. The zero-order chi connectivity index (χ0) is 16.3. The molecule has 0 atom stereocenters. The monoisotopic (exact) mass is 298 g/mol. The van der Waals surface area contributed by atoms with Crippen LogP contribution in [0.2, 0.25) is 0 Å². The van der Waals surface area contributed by atoms with Crippen molar-refractivity contribution < 1.29 is 19.4 Å². The molecule has 0 radical (unpaired) electrons. The highest BCUT2D eigenvalue weighted by atomic mass is 16.5. The number of hydrogen-bond acceptors (Lipinski definition) is 4. The molecule has 4 heteroatoms. The summed E-state index contributed by atoms with van der Waals surface area (Å²) in [6.45, 7) is 5.18. The Morgan fingerprint density at radius 1 is 0.955 bits per heavy atom. The summed E-state index contributed by atoms with van der Waals surface area (Å²) in [7, 11) is 0. The van der Waals surface area contributed by atoms with Crippen LogP contribution < -0.4 is 0 Å². The second-order valence-corrected chi connectivity index (χ2v) is 5.34. The predicted octanol–water partition coefficient (Wildman–Crippen LogP) is 3.36. The molecule has 0 amide bonds. The van der Waals surface area contributed by atoms with Gasteiger partial charge in [-0.15, -0.1) is 0 Å². The maximum Gasteiger partial charge on any atom is 0.342 e. The summed E-state index contributed by atoms with van der Waals surface area (Å²) in [5.74, 6) is -1.12. The molecule has 0 fully saturated rings. The van der Waals surface area contributed by atoms with E-state index in [-0.39, 0.29) is 23.7 Å². The van der Waals surface area contributed by atoms with Crippen molar-refractivity contribution in [1.29, 1.82) is 0 Å². The number of esters is 1. The van der Waals surface area contributed by atoms with Gasteiger partial charge in [0.1, 0.15) is 11.3 Å². The van der Waals surface area contributed by atoms with Crippen molar-refractivity contribution >= 4 is 11.8 Å². The number of carbonyl (C=O) groups excluding carboxylic acids is 2. The first kappa shape index (κ1) is 15.8. The number of benzene rings is 2. The first-order valence-electron chi connectivity index (χ1n) is 6.95. The van der Waals surface area contributed by atoms with Gasteiger partial charge >= 0.3 is 5.97 Å². The molecular weight excluding hydrogens is 280 g/mol. The number of aromatic hydroxyl groups is 1. The van der Waals surface area contributed by atoms with Crippen LogP contribution in [0, 0.1) is 20.8 Å². The van der Waals surface area contributed by atoms with E-state index in [0.717, 1.165) is 16.7 Å². The van der Waals surface area contributed by atoms with Gasteiger partial charge in [-0.3, -0.25) is 4.79 Å². The molecule has 0 aliphatic carbocycles. The van der Waals surface area contributed by atoms with Gasteiger partial charge in [0.15, 0.2) is 6.61 Å². The molecule has 2 aromatic rings. The Labute approximate surface area is 129 Å². The fourth-order valence-corrected chi connectivity index (χ4v) is 2.14. The number of hydrogen-bond donors (Lipinski definition) is 1. The lowest BCUT2D eigenvalue weighted by molar-refractivity contribution is 0.0471. The summed E-state index contributed by atoms with van der Waals surface area (Å²) in [5.41, 5.74) is 3.24. The summed E-state index contributed by atoms with van der Waals surface area (Å²) in [4.78, 5) is 24.1. The van der Waals surface area contributed by atoms with Gasteiger partial charge in [0.2, 0.25) is 5.78 Å². The van der Waals surface area contributed by atoms with Crippen molar-refractivity contribution in [2.75, 3.05) is 6.61 Å². The molecule has 0 aromatic heterocycles. The predicted molar refractivity (Wildman–Crippen MR) is 83.4 cm³/mol. The van der Waals surface area contributed by atoms with Gasteiger partial charge in [0, 0.05) is 5.56 Å². The Hall–Kier alpha value is -2.62. The third-order valence-electron chi connectivity index (χ3n) is 3.40. The van der Waals surface area contributed by atoms with E-state index in [4.69, 9.17) is 4.74 Å². The lowest BCUT2D eigenvalue weighted by Gasteiger charge is -2.08. The third kappa shape index (κ3) is 3.52. The van der Waals surface area contributed by atoms with Crippen molar-refractivity contribution in [3.8, 4) is 5.75 Å². The molecule has 22 heavy (non-hydrogen) atoms. The van der Waals surface area contributed by atoms with Crippen molar-refractivity contribution in [3.63, 3.8) is 0 Å². The summed E-state index contributed by atoms with van der Waals surface area (Å²) < 4.78 is 5.01. The molecular formula is C18H18O4. The average molecular weight is 298 g/mol. The number of phenolic OH excluding ortho intramolecular Hbond substituents is 1. The highest BCUT2D eigenvalue weighted by Crippen LogP contribution is 2.19. The smallest absolute Gasteiger partial charge is 0.342 e. The van der Waals surface area contributed by atoms with Crippen LogP contribution >= 0.6 is 0 Å². The highest BCUT2D eigenvalue weighted by Gasteiger charge is 2.16. The maximum absolute atomic E-state index is 12.2. The molecule has 0 bridgehead atoms. The lowest BCUT2D eigenvalue weighted by Crippen LogP contribution is -2.15. The molecule has 0 aliphatic rings. The van der Waals surface area contributed by atoms with E-state index < -0.39 is 5.97 Å².